The first-order valence-corrected chi connectivity index (χ1v) is 5.78. The molecule has 4 heteroatoms. The smallest absolute Gasteiger partial charge is 0.139 e. The molecule has 0 amide bonds. The normalized spacial score (nSPS) is 10.3. The van der Waals surface area contributed by atoms with Crippen LogP contribution in [0.4, 0.5) is 0 Å². The first-order valence-electron chi connectivity index (χ1n) is 5.02. The van der Waals surface area contributed by atoms with E-state index in [9.17, 15) is 0 Å². The van der Waals surface area contributed by atoms with Crippen LogP contribution in [0.2, 0.25) is 10.0 Å². The fourth-order valence-electron chi connectivity index (χ4n) is 1.12. The van der Waals surface area contributed by atoms with Crippen LogP contribution in [0.1, 0.15) is 13.3 Å². The first kappa shape index (κ1) is 12.6. The maximum Gasteiger partial charge on any atom is 0.139 e. The fraction of sp³-hybridized carbons (Fsp3) is 0.455. The van der Waals surface area contributed by atoms with Gasteiger partial charge in [0.1, 0.15) is 12.4 Å². The lowest BCUT2D eigenvalue weighted by molar-refractivity contribution is 0.314. The highest BCUT2D eigenvalue weighted by Gasteiger charge is 2.01. The van der Waals surface area contributed by atoms with Crippen molar-refractivity contribution in [2.45, 2.75) is 13.3 Å². The van der Waals surface area contributed by atoms with E-state index < -0.39 is 0 Å². The average molecular weight is 248 g/mol. The molecule has 0 saturated carbocycles. The van der Waals surface area contributed by atoms with Gasteiger partial charge >= 0.3 is 0 Å². The number of rotatable bonds is 6. The van der Waals surface area contributed by atoms with Crippen molar-refractivity contribution in [3.8, 4) is 5.75 Å². The zero-order valence-electron chi connectivity index (χ0n) is 8.72. The molecule has 84 valence electrons. The molecule has 2 nitrogen and oxygen atoms in total. The minimum atomic E-state index is 0.592. The maximum absolute atomic E-state index is 5.93. The highest BCUT2D eigenvalue weighted by atomic mass is 35.5. The Kier molecular flexibility index (Phi) is 5.84. The molecule has 1 N–H and O–H groups in total. The molecule has 0 radical (unpaired) electrons. The lowest BCUT2D eigenvalue weighted by atomic mass is 10.3. The Hall–Kier alpha value is -0.440. The number of halogens is 2. The van der Waals surface area contributed by atoms with Crippen LogP contribution < -0.4 is 10.1 Å². The monoisotopic (exact) mass is 247 g/mol. The number of hydrogen-bond acceptors (Lipinski definition) is 2. The number of benzene rings is 1. The van der Waals surface area contributed by atoms with Gasteiger partial charge in [0.2, 0.25) is 0 Å². The van der Waals surface area contributed by atoms with Gasteiger partial charge in [0.15, 0.2) is 0 Å². The summed E-state index contributed by atoms with van der Waals surface area (Å²) in [6.07, 6.45) is 1.12. The van der Waals surface area contributed by atoms with E-state index >= 15 is 0 Å². The highest BCUT2D eigenvalue weighted by molar-refractivity contribution is 6.34. The van der Waals surface area contributed by atoms with E-state index in [-0.39, 0.29) is 0 Å². The summed E-state index contributed by atoms with van der Waals surface area (Å²) in [7, 11) is 0. The molecule has 1 aromatic carbocycles. The van der Waals surface area contributed by atoms with Crippen molar-refractivity contribution in [1.82, 2.24) is 5.32 Å². The summed E-state index contributed by atoms with van der Waals surface area (Å²) in [6, 6.07) is 5.20. The highest BCUT2D eigenvalue weighted by Crippen LogP contribution is 2.27. The van der Waals surface area contributed by atoms with Crippen LogP contribution in [0.3, 0.4) is 0 Å². The lowest BCUT2D eigenvalue weighted by Gasteiger charge is -2.08. The van der Waals surface area contributed by atoms with Gasteiger partial charge in [0.25, 0.3) is 0 Å². The number of nitrogens with one attached hydrogen (secondary N) is 1. The van der Waals surface area contributed by atoms with Gasteiger partial charge in [-0.2, -0.15) is 0 Å². The van der Waals surface area contributed by atoms with Gasteiger partial charge in [-0.3, -0.25) is 0 Å². The average Bonchev–Trinajstić information content (AvgIpc) is 2.23. The van der Waals surface area contributed by atoms with E-state index in [0.717, 1.165) is 19.5 Å². The standard InChI is InChI=1S/C11H15Cl2NO/c1-2-5-14-6-7-15-11-8-9(12)3-4-10(11)13/h3-4,8,14H,2,5-7H2,1H3. The van der Waals surface area contributed by atoms with Gasteiger partial charge in [-0.1, -0.05) is 30.1 Å². The third kappa shape index (κ3) is 4.74. The number of hydrogen-bond donors (Lipinski definition) is 1. The SMILES string of the molecule is CCCNCCOc1cc(Cl)ccc1Cl. The summed E-state index contributed by atoms with van der Waals surface area (Å²) in [5.41, 5.74) is 0. The second-order valence-corrected chi connectivity index (χ2v) is 4.02. The molecule has 0 aliphatic heterocycles. The minimum absolute atomic E-state index is 0.592. The van der Waals surface area contributed by atoms with Crippen molar-refractivity contribution in [3.63, 3.8) is 0 Å². The Bertz CT molecular complexity index is 305. The molecule has 0 spiro atoms. The van der Waals surface area contributed by atoms with Crippen LogP contribution in [0, 0.1) is 0 Å². The molecule has 0 aliphatic rings. The summed E-state index contributed by atoms with van der Waals surface area (Å²) in [5.74, 6) is 0.641. The molecule has 1 aromatic rings. The maximum atomic E-state index is 5.93. The second kappa shape index (κ2) is 6.94. The van der Waals surface area contributed by atoms with Gasteiger partial charge in [-0.05, 0) is 25.1 Å². The van der Waals surface area contributed by atoms with Gasteiger partial charge in [-0.15, -0.1) is 0 Å². The second-order valence-electron chi connectivity index (χ2n) is 3.17. The Morgan fingerprint density at radius 2 is 2.07 bits per heavy atom. The largest absolute Gasteiger partial charge is 0.491 e. The summed E-state index contributed by atoms with van der Waals surface area (Å²) in [4.78, 5) is 0. The van der Waals surface area contributed by atoms with E-state index in [1.54, 1.807) is 18.2 Å². The first-order chi connectivity index (χ1) is 7.24. The van der Waals surface area contributed by atoms with E-state index in [4.69, 9.17) is 27.9 Å². The van der Waals surface area contributed by atoms with Crippen molar-refractivity contribution in [2.75, 3.05) is 19.7 Å². The molecule has 0 atom stereocenters. The van der Waals surface area contributed by atoms with Crippen molar-refractivity contribution in [1.29, 1.82) is 0 Å². The van der Waals surface area contributed by atoms with Gasteiger partial charge < -0.3 is 10.1 Å². The lowest BCUT2D eigenvalue weighted by Crippen LogP contribution is -2.21. The summed E-state index contributed by atoms with van der Waals surface area (Å²) >= 11 is 11.8. The van der Waals surface area contributed by atoms with Gasteiger partial charge in [0.05, 0.1) is 5.02 Å². The Balaban J connectivity index is 2.33. The van der Waals surface area contributed by atoms with Crippen molar-refractivity contribution < 1.29 is 4.74 Å². The Labute approximate surface area is 101 Å². The summed E-state index contributed by atoms with van der Waals surface area (Å²) < 4.78 is 5.49. The number of ether oxygens (including phenoxy) is 1. The van der Waals surface area contributed by atoms with Crippen LogP contribution in [0.5, 0.6) is 5.75 Å². The van der Waals surface area contributed by atoms with Gasteiger partial charge in [0, 0.05) is 17.6 Å². The molecular weight excluding hydrogens is 233 g/mol. The topological polar surface area (TPSA) is 21.3 Å². The molecule has 1 rings (SSSR count). The third-order valence-corrected chi connectivity index (χ3v) is 2.40. The van der Waals surface area contributed by atoms with E-state index in [0.29, 0.717) is 22.4 Å². The third-order valence-electron chi connectivity index (χ3n) is 1.86. The summed E-state index contributed by atoms with van der Waals surface area (Å²) in [5, 5.41) is 4.47. The Morgan fingerprint density at radius 3 is 2.80 bits per heavy atom. The fourth-order valence-corrected chi connectivity index (χ4v) is 1.46. The van der Waals surface area contributed by atoms with Gasteiger partial charge in [-0.25, -0.2) is 0 Å². The van der Waals surface area contributed by atoms with E-state index in [1.807, 2.05) is 0 Å². The predicted molar refractivity (Wildman–Crippen MR) is 65.1 cm³/mol. The van der Waals surface area contributed by atoms with Crippen molar-refractivity contribution in [2.24, 2.45) is 0 Å². The molecule has 0 aliphatic carbocycles. The Morgan fingerprint density at radius 1 is 1.27 bits per heavy atom. The molecule has 0 heterocycles. The van der Waals surface area contributed by atoms with Crippen LogP contribution in [0.15, 0.2) is 18.2 Å². The minimum Gasteiger partial charge on any atom is -0.491 e. The zero-order chi connectivity index (χ0) is 11.1. The molecular formula is C11H15Cl2NO. The van der Waals surface area contributed by atoms with Crippen LogP contribution in [0.25, 0.3) is 0 Å². The van der Waals surface area contributed by atoms with Crippen molar-refractivity contribution >= 4 is 23.2 Å². The predicted octanol–water partition coefficient (Wildman–Crippen LogP) is 3.37. The molecule has 0 aromatic heterocycles. The molecule has 0 bridgehead atoms. The van der Waals surface area contributed by atoms with Crippen LogP contribution in [-0.4, -0.2) is 19.7 Å². The van der Waals surface area contributed by atoms with Crippen LogP contribution >= 0.6 is 23.2 Å². The molecule has 0 saturated heterocycles. The van der Waals surface area contributed by atoms with Crippen LogP contribution in [-0.2, 0) is 0 Å². The zero-order valence-corrected chi connectivity index (χ0v) is 10.2. The molecule has 0 unspecified atom stereocenters. The van der Waals surface area contributed by atoms with Crippen molar-refractivity contribution in [3.05, 3.63) is 28.2 Å². The quantitative estimate of drug-likeness (QED) is 0.779. The molecule has 15 heavy (non-hydrogen) atoms. The molecule has 0 fully saturated rings. The van der Waals surface area contributed by atoms with E-state index in [1.165, 1.54) is 0 Å². The summed E-state index contributed by atoms with van der Waals surface area (Å²) in [6.45, 7) is 4.55. The van der Waals surface area contributed by atoms with E-state index in [2.05, 4.69) is 12.2 Å².